The number of aromatic nitrogens is 1. The van der Waals surface area contributed by atoms with E-state index in [2.05, 4.69) is 17.2 Å². The van der Waals surface area contributed by atoms with Crippen LogP contribution in [0.3, 0.4) is 0 Å². The standard InChI is InChI=1S/C16H18N2O3/c1-11(12-4-7-15(21-2)8-5-12)17-10-14-6-3-13(9-18-14)16(19)20/h3-9,11,17H,10H2,1-2H3,(H,19,20)/t11-/m0/s1. The number of benzene rings is 1. The Morgan fingerprint density at radius 2 is 2.00 bits per heavy atom. The summed E-state index contributed by atoms with van der Waals surface area (Å²) >= 11 is 0. The van der Waals surface area contributed by atoms with E-state index >= 15 is 0 Å². The lowest BCUT2D eigenvalue weighted by atomic mass is 10.1. The van der Waals surface area contributed by atoms with Crippen molar-refractivity contribution < 1.29 is 14.6 Å². The van der Waals surface area contributed by atoms with Gasteiger partial charge < -0.3 is 15.2 Å². The normalized spacial score (nSPS) is 11.9. The van der Waals surface area contributed by atoms with Crippen molar-refractivity contribution >= 4 is 5.97 Å². The first-order valence-electron chi connectivity index (χ1n) is 6.65. The Bertz CT molecular complexity index is 594. The maximum atomic E-state index is 10.7. The molecule has 0 fully saturated rings. The number of hydrogen-bond acceptors (Lipinski definition) is 4. The van der Waals surface area contributed by atoms with Crippen molar-refractivity contribution in [3.63, 3.8) is 0 Å². The summed E-state index contributed by atoms with van der Waals surface area (Å²) in [6, 6.07) is 11.3. The predicted octanol–water partition coefficient (Wildman–Crippen LogP) is 2.64. The molecular weight excluding hydrogens is 268 g/mol. The predicted molar refractivity (Wildman–Crippen MR) is 79.4 cm³/mol. The topological polar surface area (TPSA) is 71.5 Å². The summed E-state index contributed by atoms with van der Waals surface area (Å²) in [6.45, 7) is 2.64. The first kappa shape index (κ1) is 15.0. The first-order valence-corrected chi connectivity index (χ1v) is 6.65. The lowest BCUT2D eigenvalue weighted by Crippen LogP contribution is -2.18. The number of carboxylic acid groups (broad SMARTS) is 1. The third-order valence-corrected chi connectivity index (χ3v) is 3.28. The molecule has 0 aliphatic rings. The molecule has 110 valence electrons. The van der Waals surface area contributed by atoms with Gasteiger partial charge in [0.2, 0.25) is 0 Å². The van der Waals surface area contributed by atoms with Gasteiger partial charge in [0.1, 0.15) is 5.75 Å². The highest BCUT2D eigenvalue weighted by Crippen LogP contribution is 2.17. The third-order valence-electron chi connectivity index (χ3n) is 3.28. The first-order chi connectivity index (χ1) is 10.1. The fourth-order valence-corrected chi connectivity index (χ4v) is 1.92. The summed E-state index contributed by atoms with van der Waals surface area (Å²) < 4.78 is 5.13. The Hall–Kier alpha value is -2.40. The van der Waals surface area contributed by atoms with Gasteiger partial charge in [0.25, 0.3) is 0 Å². The summed E-state index contributed by atoms with van der Waals surface area (Å²) in [4.78, 5) is 14.9. The third kappa shape index (κ3) is 4.03. The number of hydrogen-bond donors (Lipinski definition) is 2. The second kappa shape index (κ2) is 6.85. The van der Waals surface area contributed by atoms with Gasteiger partial charge in [0.15, 0.2) is 0 Å². The van der Waals surface area contributed by atoms with E-state index in [1.54, 1.807) is 19.2 Å². The number of carbonyl (C=O) groups is 1. The molecular formula is C16H18N2O3. The molecule has 2 rings (SSSR count). The Morgan fingerprint density at radius 3 is 2.52 bits per heavy atom. The van der Waals surface area contributed by atoms with Gasteiger partial charge in [-0.05, 0) is 36.8 Å². The molecule has 5 nitrogen and oxygen atoms in total. The molecule has 0 bridgehead atoms. The number of pyridine rings is 1. The van der Waals surface area contributed by atoms with E-state index in [0.29, 0.717) is 6.54 Å². The molecule has 1 aromatic heterocycles. The maximum Gasteiger partial charge on any atom is 0.337 e. The number of nitrogens with zero attached hydrogens (tertiary/aromatic N) is 1. The van der Waals surface area contributed by atoms with E-state index in [0.717, 1.165) is 17.0 Å². The van der Waals surface area contributed by atoms with Crippen molar-refractivity contribution in [2.75, 3.05) is 7.11 Å². The Labute approximate surface area is 123 Å². The average Bonchev–Trinajstić information content (AvgIpc) is 2.53. The van der Waals surface area contributed by atoms with E-state index < -0.39 is 5.97 Å². The highest BCUT2D eigenvalue weighted by atomic mass is 16.5. The summed E-state index contributed by atoms with van der Waals surface area (Å²) in [7, 11) is 1.64. The molecule has 2 N–H and O–H groups in total. The molecule has 0 amide bonds. The molecule has 0 saturated heterocycles. The molecule has 1 heterocycles. The minimum Gasteiger partial charge on any atom is -0.497 e. The van der Waals surface area contributed by atoms with Gasteiger partial charge in [-0.3, -0.25) is 4.98 Å². The van der Waals surface area contributed by atoms with Crippen LogP contribution in [-0.2, 0) is 6.54 Å². The lowest BCUT2D eigenvalue weighted by molar-refractivity contribution is 0.0696. The molecule has 21 heavy (non-hydrogen) atoms. The second-order valence-corrected chi connectivity index (χ2v) is 4.72. The molecule has 0 saturated carbocycles. The van der Waals surface area contributed by atoms with Crippen LogP contribution in [0.1, 0.15) is 34.6 Å². The van der Waals surface area contributed by atoms with Crippen molar-refractivity contribution in [1.82, 2.24) is 10.3 Å². The summed E-state index contributed by atoms with van der Waals surface area (Å²) in [5.41, 5.74) is 2.15. The molecule has 0 unspecified atom stereocenters. The molecule has 1 atom stereocenters. The molecule has 0 spiro atoms. The van der Waals surface area contributed by atoms with E-state index in [1.165, 1.54) is 6.20 Å². The zero-order valence-electron chi connectivity index (χ0n) is 12.0. The Morgan fingerprint density at radius 1 is 1.29 bits per heavy atom. The van der Waals surface area contributed by atoms with Crippen molar-refractivity contribution in [3.05, 3.63) is 59.4 Å². The van der Waals surface area contributed by atoms with Gasteiger partial charge in [-0.2, -0.15) is 0 Å². The van der Waals surface area contributed by atoms with Crippen LogP contribution in [0.15, 0.2) is 42.6 Å². The van der Waals surface area contributed by atoms with Gasteiger partial charge in [-0.15, -0.1) is 0 Å². The van der Waals surface area contributed by atoms with E-state index in [4.69, 9.17) is 9.84 Å². The largest absolute Gasteiger partial charge is 0.497 e. The number of aromatic carboxylic acids is 1. The van der Waals surface area contributed by atoms with Gasteiger partial charge in [0, 0.05) is 18.8 Å². The number of methoxy groups -OCH3 is 1. The Balaban J connectivity index is 1.93. The number of nitrogens with one attached hydrogen (secondary N) is 1. The van der Waals surface area contributed by atoms with E-state index in [9.17, 15) is 4.79 Å². The van der Waals surface area contributed by atoms with Crippen LogP contribution < -0.4 is 10.1 Å². The van der Waals surface area contributed by atoms with Crippen molar-refractivity contribution in [1.29, 1.82) is 0 Å². The van der Waals surface area contributed by atoms with Crippen LogP contribution in [-0.4, -0.2) is 23.2 Å². The maximum absolute atomic E-state index is 10.7. The number of rotatable bonds is 6. The fourth-order valence-electron chi connectivity index (χ4n) is 1.92. The molecule has 0 aliphatic heterocycles. The highest BCUT2D eigenvalue weighted by molar-refractivity contribution is 5.87. The van der Waals surface area contributed by atoms with Gasteiger partial charge in [-0.25, -0.2) is 4.79 Å². The van der Waals surface area contributed by atoms with Crippen molar-refractivity contribution in [2.24, 2.45) is 0 Å². The molecule has 2 aromatic rings. The quantitative estimate of drug-likeness (QED) is 0.854. The monoisotopic (exact) mass is 286 g/mol. The zero-order chi connectivity index (χ0) is 15.2. The second-order valence-electron chi connectivity index (χ2n) is 4.72. The molecule has 0 aliphatic carbocycles. The zero-order valence-corrected chi connectivity index (χ0v) is 12.0. The molecule has 5 heteroatoms. The number of ether oxygens (including phenoxy) is 1. The van der Waals surface area contributed by atoms with Crippen LogP contribution >= 0.6 is 0 Å². The summed E-state index contributed by atoms with van der Waals surface area (Å²) in [5.74, 6) is -0.134. The van der Waals surface area contributed by atoms with Crippen molar-refractivity contribution in [2.45, 2.75) is 19.5 Å². The van der Waals surface area contributed by atoms with Crippen molar-refractivity contribution in [3.8, 4) is 5.75 Å². The van der Waals surface area contributed by atoms with Crippen LogP contribution in [0.4, 0.5) is 0 Å². The summed E-state index contributed by atoms with van der Waals surface area (Å²) in [6.07, 6.45) is 1.37. The Kier molecular flexibility index (Phi) is 4.90. The van der Waals surface area contributed by atoms with Crippen LogP contribution in [0.2, 0.25) is 0 Å². The van der Waals surface area contributed by atoms with Gasteiger partial charge in [0.05, 0.1) is 18.4 Å². The SMILES string of the molecule is COc1ccc([C@H](C)NCc2ccc(C(=O)O)cn2)cc1. The molecule has 1 aromatic carbocycles. The van der Waals surface area contributed by atoms with E-state index in [-0.39, 0.29) is 11.6 Å². The minimum absolute atomic E-state index is 0.164. The molecule has 0 radical (unpaired) electrons. The van der Waals surface area contributed by atoms with Crippen LogP contribution in [0, 0.1) is 0 Å². The smallest absolute Gasteiger partial charge is 0.337 e. The highest BCUT2D eigenvalue weighted by Gasteiger charge is 2.07. The summed E-state index contributed by atoms with van der Waals surface area (Å²) in [5, 5.41) is 12.2. The average molecular weight is 286 g/mol. The van der Waals surface area contributed by atoms with E-state index in [1.807, 2.05) is 24.3 Å². The van der Waals surface area contributed by atoms with Gasteiger partial charge in [-0.1, -0.05) is 12.1 Å². The van der Waals surface area contributed by atoms with Crippen LogP contribution in [0.5, 0.6) is 5.75 Å². The minimum atomic E-state index is -0.964. The number of carboxylic acids is 1. The van der Waals surface area contributed by atoms with Crippen LogP contribution in [0.25, 0.3) is 0 Å². The fraction of sp³-hybridized carbons (Fsp3) is 0.250. The van der Waals surface area contributed by atoms with Gasteiger partial charge >= 0.3 is 5.97 Å². The lowest BCUT2D eigenvalue weighted by Gasteiger charge is -2.14.